The molecule has 2 aromatic rings. The van der Waals surface area contributed by atoms with Gasteiger partial charge in [-0.2, -0.15) is 0 Å². The number of benzene rings is 2. The van der Waals surface area contributed by atoms with Crippen LogP contribution in [0.5, 0.6) is 5.75 Å². The molecule has 1 aliphatic heterocycles. The number of alkyl halides is 1. The number of aliphatic hydroxyl groups is 1. The minimum absolute atomic E-state index is 0.203. The van der Waals surface area contributed by atoms with Crippen LogP contribution in [-0.4, -0.2) is 16.6 Å². The van der Waals surface area contributed by atoms with Crippen molar-refractivity contribution < 1.29 is 14.6 Å². The first-order valence-electron chi connectivity index (χ1n) is 7.36. The molecule has 0 bridgehead atoms. The van der Waals surface area contributed by atoms with Gasteiger partial charge in [-0.25, -0.2) is 4.99 Å². The summed E-state index contributed by atoms with van der Waals surface area (Å²) in [5.74, 6) is 0.353. The van der Waals surface area contributed by atoms with Crippen LogP contribution >= 0.6 is 11.6 Å². The molecule has 1 aliphatic rings. The number of nitrogens with zero attached hydrogens (tertiary/aromatic N) is 1. The Morgan fingerprint density at radius 2 is 2.00 bits per heavy atom. The summed E-state index contributed by atoms with van der Waals surface area (Å²) in [5.41, 5.74) is 0.916. The number of halogens is 1. The predicted molar refractivity (Wildman–Crippen MR) is 87.6 cm³/mol. The van der Waals surface area contributed by atoms with Crippen LogP contribution in [0, 0.1) is 0 Å². The monoisotopic (exact) mass is 329 g/mol. The third kappa shape index (κ3) is 3.78. The zero-order valence-corrected chi connectivity index (χ0v) is 13.2. The summed E-state index contributed by atoms with van der Waals surface area (Å²) in [6.07, 6.45) is 2.36. The Kier molecular flexibility index (Phi) is 4.74. The number of hydrogen-bond donors (Lipinski definition) is 1. The lowest BCUT2D eigenvalue weighted by Crippen LogP contribution is -2.35. The Balaban J connectivity index is 1.96. The minimum Gasteiger partial charge on any atom is -0.487 e. The molecule has 1 atom stereocenters. The van der Waals surface area contributed by atoms with Gasteiger partial charge in [-0.3, -0.25) is 4.79 Å². The molecule has 0 aliphatic carbocycles. The van der Waals surface area contributed by atoms with Crippen molar-refractivity contribution in [3.8, 4) is 5.75 Å². The van der Waals surface area contributed by atoms with Crippen LogP contribution in [0.25, 0.3) is 6.08 Å². The van der Waals surface area contributed by atoms with E-state index in [0.29, 0.717) is 24.1 Å². The molecule has 4 nitrogen and oxygen atoms in total. The van der Waals surface area contributed by atoms with Gasteiger partial charge in [0.05, 0.1) is 0 Å². The van der Waals surface area contributed by atoms with Crippen LogP contribution in [0.3, 0.4) is 0 Å². The molecule has 0 unspecified atom stereocenters. The second-order valence-corrected chi connectivity index (χ2v) is 5.82. The minimum atomic E-state index is -0.971. The Morgan fingerprint density at radius 1 is 1.22 bits per heavy atom. The molecule has 1 heterocycles. The van der Waals surface area contributed by atoms with E-state index in [9.17, 15) is 9.90 Å². The van der Waals surface area contributed by atoms with Crippen LogP contribution in [0.1, 0.15) is 17.5 Å². The highest BCUT2D eigenvalue weighted by Crippen LogP contribution is 2.11. The number of ether oxygens (including phenoxy) is 1. The molecular formula is C18H16ClNO3. The average Bonchev–Trinajstić information content (AvgIpc) is 2.54. The first kappa shape index (κ1) is 15.7. The van der Waals surface area contributed by atoms with Crippen molar-refractivity contribution in [3.63, 3.8) is 0 Å². The van der Waals surface area contributed by atoms with E-state index in [4.69, 9.17) is 16.3 Å². The number of amides is 1. The average molecular weight is 330 g/mol. The first-order valence-corrected chi connectivity index (χ1v) is 7.79. The van der Waals surface area contributed by atoms with E-state index in [1.54, 1.807) is 6.07 Å². The van der Waals surface area contributed by atoms with Gasteiger partial charge in [0.25, 0.3) is 0 Å². The molecule has 0 aromatic heterocycles. The predicted octanol–water partition coefficient (Wildman–Crippen LogP) is 1.70. The van der Waals surface area contributed by atoms with Crippen LogP contribution in [0.4, 0.5) is 0 Å². The Hall–Kier alpha value is -2.17. The summed E-state index contributed by atoms with van der Waals surface area (Å²) >= 11 is 5.68. The highest BCUT2D eigenvalue weighted by atomic mass is 35.5. The SMILES string of the molecule is O=C1CC=c2c(C[C@H](O)Cl)ccc(OCc3ccccc3)c2=N1. The zero-order chi connectivity index (χ0) is 16.2. The van der Waals surface area contributed by atoms with Gasteiger partial charge in [-0.05, 0) is 17.2 Å². The van der Waals surface area contributed by atoms with Crippen molar-refractivity contribution in [1.29, 1.82) is 0 Å². The molecule has 2 aromatic carbocycles. The Bertz CT molecular complexity index is 831. The molecule has 1 amide bonds. The lowest BCUT2D eigenvalue weighted by atomic mass is 10.1. The highest BCUT2D eigenvalue weighted by Gasteiger charge is 2.13. The number of fused-ring (bicyclic) bond motifs is 1. The van der Waals surface area contributed by atoms with E-state index in [1.165, 1.54) is 0 Å². The number of carbonyl (C=O) groups excluding carboxylic acids is 1. The van der Waals surface area contributed by atoms with E-state index < -0.39 is 5.56 Å². The van der Waals surface area contributed by atoms with E-state index in [-0.39, 0.29) is 12.3 Å². The van der Waals surface area contributed by atoms with Gasteiger partial charge in [0.15, 0.2) is 0 Å². The summed E-state index contributed by atoms with van der Waals surface area (Å²) in [4.78, 5) is 15.8. The quantitative estimate of drug-likeness (QED) is 0.849. The molecule has 0 fully saturated rings. The summed E-state index contributed by atoms with van der Waals surface area (Å²) < 4.78 is 5.84. The third-order valence-electron chi connectivity index (χ3n) is 3.61. The van der Waals surface area contributed by atoms with Gasteiger partial charge < -0.3 is 9.84 Å². The summed E-state index contributed by atoms with van der Waals surface area (Å²) in [5, 5.41) is 10.7. The van der Waals surface area contributed by atoms with Crippen molar-refractivity contribution >= 4 is 23.6 Å². The van der Waals surface area contributed by atoms with E-state index in [1.807, 2.05) is 42.5 Å². The summed E-state index contributed by atoms with van der Waals surface area (Å²) in [6.45, 7) is 0.397. The zero-order valence-electron chi connectivity index (χ0n) is 12.4. The maximum absolute atomic E-state index is 11.7. The molecule has 23 heavy (non-hydrogen) atoms. The molecular weight excluding hydrogens is 314 g/mol. The maximum Gasteiger partial charge on any atom is 0.250 e. The molecule has 5 heteroatoms. The third-order valence-corrected chi connectivity index (χ3v) is 3.77. The summed E-state index contributed by atoms with van der Waals surface area (Å²) in [7, 11) is 0. The molecule has 0 radical (unpaired) electrons. The topological polar surface area (TPSA) is 58.9 Å². The van der Waals surface area contributed by atoms with Gasteiger partial charge >= 0.3 is 0 Å². The highest BCUT2D eigenvalue weighted by molar-refractivity contribution is 6.19. The Labute approximate surface area is 138 Å². The van der Waals surface area contributed by atoms with Crippen LogP contribution in [-0.2, 0) is 17.8 Å². The lowest BCUT2D eigenvalue weighted by Gasteiger charge is -2.12. The maximum atomic E-state index is 11.7. The Morgan fingerprint density at radius 3 is 2.74 bits per heavy atom. The fraction of sp³-hybridized carbons (Fsp3) is 0.222. The van der Waals surface area contributed by atoms with Crippen molar-refractivity contribution in [2.24, 2.45) is 4.99 Å². The number of hydrogen-bond acceptors (Lipinski definition) is 3. The summed E-state index contributed by atoms with van der Waals surface area (Å²) in [6, 6.07) is 13.4. The molecule has 118 valence electrons. The van der Waals surface area contributed by atoms with E-state index >= 15 is 0 Å². The van der Waals surface area contributed by atoms with Crippen LogP contribution in [0.2, 0.25) is 0 Å². The molecule has 0 saturated carbocycles. The molecule has 3 rings (SSSR count). The van der Waals surface area contributed by atoms with Crippen molar-refractivity contribution in [3.05, 3.63) is 64.2 Å². The first-order chi connectivity index (χ1) is 11.1. The second-order valence-electron chi connectivity index (χ2n) is 5.31. The van der Waals surface area contributed by atoms with Crippen molar-refractivity contribution in [2.45, 2.75) is 25.0 Å². The molecule has 1 N–H and O–H groups in total. The fourth-order valence-corrected chi connectivity index (χ4v) is 2.71. The molecule has 0 spiro atoms. The van der Waals surface area contributed by atoms with E-state index in [2.05, 4.69) is 4.99 Å². The van der Waals surface area contributed by atoms with Gasteiger partial charge in [-0.15, -0.1) is 0 Å². The van der Waals surface area contributed by atoms with Crippen LogP contribution in [0.15, 0.2) is 47.5 Å². The van der Waals surface area contributed by atoms with Crippen molar-refractivity contribution in [2.75, 3.05) is 0 Å². The standard InChI is InChI=1S/C18H16ClNO3/c19-16(21)10-13-6-8-15(18-14(13)7-9-17(22)20-18)23-11-12-4-2-1-3-5-12/h1-8,16,21H,9-11H2/t16-/m0/s1. The fourth-order valence-electron chi connectivity index (χ4n) is 2.54. The smallest absolute Gasteiger partial charge is 0.250 e. The number of aliphatic hydroxyl groups excluding tert-OH is 1. The molecule has 0 saturated heterocycles. The number of rotatable bonds is 5. The number of carbonyl (C=O) groups is 1. The van der Waals surface area contributed by atoms with Gasteiger partial charge in [0.2, 0.25) is 5.91 Å². The second kappa shape index (κ2) is 6.94. The van der Waals surface area contributed by atoms with E-state index in [0.717, 1.165) is 16.3 Å². The lowest BCUT2D eigenvalue weighted by molar-refractivity contribution is -0.117. The largest absolute Gasteiger partial charge is 0.487 e. The van der Waals surface area contributed by atoms with Gasteiger partial charge in [0, 0.05) is 18.1 Å². The van der Waals surface area contributed by atoms with Gasteiger partial charge in [-0.1, -0.05) is 54.1 Å². The van der Waals surface area contributed by atoms with Crippen molar-refractivity contribution in [1.82, 2.24) is 0 Å². The van der Waals surface area contributed by atoms with Crippen LogP contribution < -0.4 is 15.3 Å². The van der Waals surface area contributed by atoms with Gasteiger partial charge in [0.1, 0.15) is 23.3 Å². The normalized spacial score (nSPS) is 14.4.